The van der Waals surface area contributed by atoms with Crippen LogP contribution in [0.25, 0.3) is 0 Å². The molecule has 0 amide bonds. The van der Waals surface area contributed by atoms with Gasteiger partial charge in [0.25, 0.3) is 5.69 Å². The van der Waals surface area contributed by atoms with Gasteiger partial charge in [-0.15, -0.1) is 0 Å². The Morgan fingerprint density at radius 1 is 1.40 bits per heavy atom. The molecule has 0 aliphatic heterocycles. The van der Waals surface area contributed by atoms with Gasteiger partial charge in [-0.25, -0.2) is 17.2 Å². The zero-order chi connectivity index (χ0) is 15.5. The summed E-state index contributed by atoms with van der Waals surface area (Å²) in [5.41, 5.74) is -1.29. The number of anilines is 1. The smallest absolute Gasteiger partial charge is 0.295 e. The van der Waals surface area contributed by atoms with Crippen LogP contribution < -0.4 is 5.32 Å². The Kier molecular flexibility index (Phi) is 4.98. The molecule has 1 aromatic rings. The van der Waals surface area contributed by atoms with Crippen LogP contribution in [0.5, 0.6) is 0 Å². The van der Waals surface area contributed by atoms with Gasteiger partial charge in [0.15, 0.2) is 27.2 Å². The van der Waals surface area contributed by atoms with Crippen molar-refractivity contribution in [2.24, 2.45) is 0 Å². The van der Waals surface area contributed by atoms with Crippen molar-refractivity contribution >= 4 is 21.2 Å². The first-order valence-electron chi connectivity index (χ1n) is 5.77. The van der Waals surface area contributed by atoms with Crippen molar-refractivity contribution in [2.45, 2.75) is 19.9 Å². The van der Waals surface area contributed by atoms with Crippen LogP contribution in [0.1, 0.15) is 13.8 Å². The minimum atomic E-state index is -3.34. The summed E-state index contributed by atoms with van der Waals surface area (Å²) in [6.07, 6.45) is 0. The minimum absolute atomic E-state index is 0.104. The highest BCUT2D eigenvalue weighted by Gasteiger charge is 2.24. The first-order chi connectivity index (χ1) is 9.18. The predicted molar refractivity (Wildman–Crippen MR) is 70.4 cm³/mol. The van der Waals surface area contributed by atoms with Crippen molar-refractivity contribution in [3.8, 4) is 0 Å². The Morgan fingerprint density at radius 2 is 2.00 bits per heavy atom. The molecule has 0 aliphatic carbocycles. The molecule has 112 valence electrons. The maximum Gasteiger partial charge on any atom is 0.295 e. The summed E-state index contributed by atoms with van der Waals surface area (Å²) in [7, 11) is -3.34. The summed E-state index contributed by atoms with van der Waals surface area (Å²) < 4.78 is 49.6. The van der Waals surface area contributed by atoms with Crippen molar-refractivity contribution in [1.82, 2.24) is 0 Å². The lowest BCUT2D eigenvalue weighted by atomic mass is 10.2. The van der Waals surface area contributed by atoms with Crippen LogP contribution in [0.3, 0.4) is 0 Å². The van der Waals surface area contributed by atoms with Crippen LogP contribution in [-0.4, -0.2) is 30.9 Å². The Morgan fingerprint density at radius 3 is 2.50 bits per heavy atom. The summed E-state index contributed by atoms with van der Waals surface area (Å²) in [6, 6.07) is 0.670. The van der Waals surface area contributed by atoms with Gasteiger partial charge >= 0.3 is 0 Å². The molecule has 0 aromatic heterocycles. The van der Waals surface area contributed by atoms with Gasteiger partial charge in [-0.2, -0.15) is 0 Å². The highest BCUT2D eigenvalue weighted by atomic mass is 32.2. The number of hydrogen-bond donors (Lipinski definition) is 1. The number of sulfone groups is 1. The molecule has 0 spiro atoms. The van der Waals surface area contributed by atoms with E-state index in [-0.39, 0.29) is 11.5 Å². The molecule has 1 aromatic carbocycles. The Bertz CT molecular complexity index is 619. The van der Waals surface area contributed by atoms with E-state index >= 15 is 0 Å². The Balaban J connectivity index is 3.08. The number of nitro groups is 1. The number of rotatable bonds is 6. The van der Waals surface area contributed by atoms with E-state index in [2.05, 4.69) is 5.32 Å². The van der Waals surface area contributed by atoms with Crippen LogP contribution in [0, 0.1) is 21.7 Å². The van der Waals surface area contributed by atoms with Gasteiger partial charge in [0.2, 0.25) is 0 Å². The number of halogens is 2. The number of nitrogens with zero attached hydrogens (tertiary/aromatic N) is 1. The van der Waals surface area contributed by atoms with Crippen molar-refractivity contribution in [3.63, 3.8) is 0 Å². The van der Waals surface area contributed by atoms with E-state index < -0.39 is 43.8 Å². The minimum Gasteiger partial charge on any atom is -0.374 e. The zero-order valence-corrected chi connectivity index (χ0v) is 11.7. The number of hydrogen-bond acceptors (Lipinski definition) is 5. The van der Waals surface area contributed by atoms with Crippen molar-refractivity contribution in [3.05, 3.63) is 33.9 Å². The third-order valence-electron chi connectivity index (χ3n) is 2.60. The molecule has 0 aliphatic rings. The molecular formula is C11H14F2N2O4S. The fraction of sp³-hybridized carbons (Fsp3) is 0.455. The van der Waals surface area contributed by atoms with Crippen LogP contribution in [0.2, 0.25) is 0 Å². The fourth-order valence-electron chi connectivity index (χ4n) is 1.62. The maximum absolute atomic E-state index is 13.6. The van der Waals surface area contributed by atoms with Crippen LogP contribution in [-0.2, 0) is 9.84 Å². The second-order valence-corrected chi connectivity index (χ2v) is 6.65. The average Bonchev–Trinajstić information content (AvgIpc) is 2.34. The van der Waals surface area contributed by atoms with E-state index in [0.717, 1.165) is 6.07 Å². The van der Waals surface area contributed by atoms with Gasteiger partial charge in [0.1, 0.15) is 0 Å². The molecule has 0 fully saturated rings. The van der Waals surface area contributed by atoms with Crippen molar-refractivity contribution in [1.29, 1.82) is 0 Å². The van der Waals surface area contributed by atoms with Gasteiger partial charge in [0, 0.05) is 17.9 Å². The molecule has 0 radical (unpaired) electrons. The van der Waals surface area contributed by atoms with E-state index in [9.17, 15) is 27.3 Å². The second kappa shape index (κ2) is 6.12. The van der Waals surface area contributed by atoms with Crippen LogP contribution >= 0.6 is 0 Å². The molecule has 6 nitrogen and oxygen atoms in total. The fourth-order valence-corrected chi connectivity index (χ4v) is 2.70. The number of benzene rings is 1. The molecule has 20 heavy (non-hydrogen) atoms. The normalized spacial score (nSPS) is 13.0. The summed E-state index contributed by atoms with van der Waals surface area (Å²) in [4.78, 5) is 9.90. The molecule has 0 saturated heterocycles. The number of nitrogens with one attached hydrogen (secondary N) is 1. The summed E-state index contributed by atoms with van der Waals surface area (Å²) in [5, 5.41) is 13.1. The topological polar surface area (TPSA) is 89.3 Å². The van der Waals surface area contributed by atoms with Crippen molar-refractivity contribution < 1.29 is 22.1 Å². The molecule has 1 rings (SSSR count). The van der Waals surface area contributed by atoms with Crippen LogP contribution in [0.15, 0.2) is 12.1 Å². The molecule has 1 N–H and O–H groups in total. The molecule has 0 bridgehead atoms. The molecule has 1 unspecified atom stereocenters. The monoisotopic (exact) mass is 308 g/mol. The third kappa shape index (κ3) is 3.86. The first kappa shape index (κ1) is 16.3. The van der Waals surface area contributed by atoms with E-state index in [0.29, 0.717) is 6.07 Å². The number of nitro benzene ring substituents is 1. The SMILES string of the molecule is CCS(=O)(=O)CC(C)Nc1c([N+](=O)[O-])ccc(F)c1F. The van der Waals surface area contributed by atoms with Gasteiger partial charge in [-0.3, -0.25) is 10.1 Å². The van der Waals surface area contributed by atoms with E-state index in [1.807, 2.05) is 0 Å². The Labute approximate surface area is 114 Å². The largest absolute Gasteiger partial charge is 0.374 e. The average molecular weight is 308 g/mol. The molecule has 0 heterocycles. The van der Waals surface area contributed by atoms with Gasteiger partial charge in [-0.05, 0) is 13.0 Å². The Hall–Kier alpha value is -1.77. The molecule has 1 atom stereocenters. The second-order valence-electron chi connectivity index (χ2n) is 4.26. The summed E-state index contributed by atoms with van der Waals surface area (Å²) in [6.45, 7) is 2.87. The first-order valence-corrected chi connectivity index (χ1v) is 7.59. The summed E-state index contributed by atoms with van der Waals surface area (Å²) in [5.74, 6) is -3.09. The predicted octanol–water partition coefficient (Wildman–Crippen LogP) is 2.11. The third-order valence-corrected chi connectivity index (χ3v) is 4.49. The molecular weight excluding hydrogens is 294 g/mol. The van der Waals surface area contributed by atoms with E-state index in [1.54, 1.807) is 0 Å². The van der Waals surface area contributed by atoms with Gasteiger partial charge < -0.3 is 5.32 Å². The quantitative estimate of drug-likeness (QED) is 0.642. The lowest BCUT2D eigenvalue weighted by molar-refractivity contribution is -0.384. The molecule has 9 heteroatoms. The highest BCUT2D eigenvalue weighted by molar-refractivity contribution is 7.91. The lowest BCUT2D eigenvalue weighted by Gasteiger charge is -2.15. The van der Waals surface area contributed by atoms with Crippen LogP contribution in [0.4, 0.5) is 20.2 Å². The van der Waals surface area contributed by atoms with Crippen molar-refractivity contribution in [2.75, 3.05) is 16.8 Å². The standard InChI is InChI=1S/C11H14F2N2O4S/c1-3-20(18,19)6-7(2)14-11-9(15(16)17)5-4-8(12)10(11)13/h4-5,7,14H,3,6H2,1-2H3. The van der Waals surface area contributed by atoms with Gasteiger partial charge in [0.05, 0.1) is 10.7 Å². The van der Waals surface area contributed by atoms with E-state index in [1.165, 1.54) is 13.8 Å². The lowest BCUT2D eigenvalue weighted by Crippen LogP contribution is -2.27. The molecule has 0 saturated carbocycles. The van der Waals surface area contributed by atoms with Gasteiger partial charge in [-0.1, -0.05) is 6.92 Å². The zero-order valence-electron chi connectivity index (χ0n) is 10.9. The highest BCUT2D eigenvalue weighted by Crippen LogP contribution is 2.29. The van der Waals surface area contributed by atoms with E-state index in [4.69, 9.17) is 0 Å². The maximum atomic E-state index is 13.6. The summed E-state index contributed by atoms with van der Waals surface area (Å²) >= 11 is 0.